The summed E-state index contributed by atoms with van der Waals surface area (Å²) in [5.74, 6) is 0.603. The average Bonchev–Trinajstić information content (AvgIpc) is 2.61. The highest BCUT2D eigenvalue weighted by Crippen LogP contribution is 2.45. The smallest absolute Gasteiger partial charge is 0.205 e. The number of nitriles is 1. The molecule has 2 N–H and O–H groups in total. The second kappa shape index (κ2) is 5.59. The van der Waals surface area contributed by atoms with Crippen LogP contribution in [0.5, 0.6) is 5.75 Å². The molecule has 1 heterocycles. The molecular formula is C20H13ClN2O. The van der Waals surface area contributed by atoms with Crippen LogP contribution in [0.15, 0.2) is 72.1 Å². The molecule has 0 spiro atoms. The molecule has 116 valence electrons. The molecule has 0 unspecified atom stereocenters. The SMILES string of the molecule is N#CC1=C(N)Oc2c(ccc3ccccc23)[C@H]1c1ccc(Cl)cc1. The Balaban J connectivity index is 2.00. The van der Waals surface area contributed by atoms with Crippen LogP contribution in [0.3, 0.4) is 0 Å². The van der Waals surface area contributed by atoms with Crippen molar-refractivity contribution in [2.24, 2.45) is 5.73 Å². The zero-order valence-corrected chi connectivity index (χ0v) is 13.4. The van der Waals surface area contributed by atoms with Crippen LogP contribution >= 0.6 is 11.6 Å². The molecule has 3 aromatic carbocycles. The summed E-state index contributed by atoms with van der Waals surface area (Å²) >= 11 is 6.00. The molecule has 4 rings (SSSR count). The van der Waals surface area contributed by atoms with Crippen LogP contribution < -0.4 is 10.5 Å². The Morgan fingerprint density at radius 3 is 2.50 bits per heavy atom. The first-order valence-electron chi connectivity index (χ1n) is 7.53. The molecule has 3 nitrogen and oxygen atoms in total. The number of benzene rings is 3. The summed E-state index contributed by atoms with van der Waals surface area (Å²) < 4.78 is 5.83. The van der Waals surface area contributed by atoms with E-state index in [1.807, 2.05) is 60.7 Å². The maximum absolute atomic E-state index is 9.59. The summed E-state index contributed by atoms with van der Waals surface area (Å²) in [6, 6.07) is 21.7. The maximum atomic E-state index is 9.59. The van der Waals surface area contributed by atoms with Crippen LogP contribution in [0.4, 0.5) is 0 Å². The number of hydrogen-bond acceptors (Lipinski definition) is 3. The van der Waals surface area contributed by atoms with Crippen molar-refractivity contribution in [3.8, 4) is 11.8 Å². The van der Waals surface area contributed by atoms with E-state index in [-0.39, 0.29) is 11.8 Å². The molecule has 24 heavy (non-hydrogen) atoms. The van der Waals surface area contributed by atoms with E-state index in [1.54, 1.807) is 0 Å². The highest BCUT2D eigenvalue weighted by molar-refractivity contribution is 6.30. The highest BCUT2D eigenvalue weighted by atomic mass is 35.5. The van der Waals surface area contributed by atoms with Gasteiger partial charge in [0.1, 0.15) is 17.4 Å². The standard InChI is InChI=1S/C20H13ClN2O/c21-14-8-5-13(6-9-14)18-16-10-7-12-3-1-2-4-15(12)19(16)24-20(23)17(18)11-22/h1-10,18H,23H2/t18-/m1/s1. The lowest BCUT2D eigenvalue weighted by Crippen LogP contribution is -2.21. The van der Waals surface area contributed by atoms with Gasteiger partial charge in [-0.3, -0.25) is 0 Å². The zero-order valence-electron chi connectivity index (χ0n) is 12.7. The molecule has 0 fully saturated rings. The van der Waals surface area contributed by atoms with Crippen molar-refractivity contribution in [1.82, 2.24) is 0 Å². The van der Waals surface area contributed by atoms with Gasteiger partial charge in [-0.05, 0) is 23.1 Å². The van der Waals surface area contributed by atoms with Crippen LogP contribution in [-0.4, -0.2) is 0 Å². The minimum Gasteiger partial charge on any atom is -0.440 e. The predicted molar refractivity (Wildman–Crippen MR) is 94.7 cm³/mol. The third kappa shape index (κ3) is 2.20. The van der Waals surface area contributed by atoms with E-state index in [4.69, 9.17) is 22.1 Å². The zero-order chi connectivity index (χ0) is 16.7. The van der Waals surface area contributed by atoms with Gasteiger partial charge in [0.15, 0.2) is 0 Å². The molecule has 0 aliphatic carbocycles. The number of fused-ring (bicyclic) bond motifs is 3. The molecule has 0 amide bonds. The van der Waals surface area contributed by atoms with E-state index in [1.165, 1.54) is 0 Å². The first-order chi connectivity index (χ1) is 11.7. The van der Waals surface area contributed by atoms with Gasteiger partial charge >= 0.3 is 0 Å². The number of halogens is 1. The first kappa shape index (κ1) is 14.6. The molecule has 1 atom stereocenters. The fourth-order valence-electron chi connectivity index (χ4n) is 3.18. The van der Waals surface area contributed by atoms with E-state index in [0.717, 1.165) is 21.9 Å². The van der Waals surface area contributed by atoms with Gasteiger partial charge in [-0.25, -0.2) is 0 Å². The van der Waals surface area contributed by atoms with Crippen molar-refractivity contribution >= 4 is 22.4 Å². The lowest BCUT2D eigenvalue weighted by molar-refractivity contribution is 0.398. The minimum atomic E-state index is -0.263. The Hall–Kier alpha value is -2.96. The number of rotatable bonds is 1. The molecule has 1 aliphatic rings. The quantitative estimate of drug-likeness (QED) is 0.702. The molecule has 0 saturated heterocycles. The van der Waals surface area contributed by atoms with E-state index in [0.29, 0.717) is 16.3 Å². The minimum absolute atomic E-state index is 0.154. The Morgan fingerprint density at radius 2 is 1.75 bits per heavy atom. The van der Waals surface area contributed by atoms with Crippen molar-refractivity contribution in [3.63, 3.8) is 0 Å². The summed E-state index contributed by atoms with van der Waals surface area (Å²) in [4.78, 5) is 0. The van der Waals surface area contributed by atoms with Crippen LogP contribution in [0.25, 0.3) is 10.8 Å². The molecule has 1 aliphatic heterocycles. The maximum Gasteiger partial charge on any atom is 0.205 e. The lowest BCUT2D eigenvalue weighted by atomic mass is 9.82. The second-order valence-electron chi connectivity index (χ2n) is 5.68. The number of nitrogens with zero attached hydrogens (tertiary/aromatic N) is 1. The molecule has 3 aromatic rings. The van der Waals surface area contributed by atoms with E-state index in [9.17, 15) is 5.26 Å². The van der Waals surface area contributed by atoms with Crippen LogP contribution in [0.1, 0.15) is 17.0 Å². The summed E-state index contributed by atoms with van der Waals surface area (Å²) in [7, 11) is 0. The van der Waals surface area contributed by atoms with Gasteiger partial charge in [-0.2, -0.15) is 5.26 Å². The Labute approximate surface area is 144 Å². The third-order valence-corrected chi connectivity index (χ3v) is 4.56. The molecule has 0 radical (unpaired) electrons. The Morgan fingerprint density at radius 1 is 1.00 bits per heavy atom. The molecule has 0 aromatic heterocycles. The van der Waals surface area contributed by atoms with Gasteiger partial charge in [0.2, 0.25) is 5.88 Å². The first-order valence-corrected chi connectivity index (χ1v) is 7.91. The van der Waals surface area contributed by atoms with Crippen molar-refractivity contribution in [2.45, 2.75) is 5.92 Å². The van der Waals surface area contributed by atoms with Crippen LogP contribution in [-0.2, 0) is 0 Å². The Bertz CT molecular complexity index is 1020. The summed E-state index contributed by atoms with van der Waals surface area (Å²) in [6.07, 6.45) is 0. The monoisotopic (exact) mass is 332 g/mol. The summed E-state index contributed by atoms with van der Waals surface area (Å²) in [6.45, 7) is 0. The summed E-state index contributed by atoms with van der Waals surface area (Å²) in [5.41, 5.74) is 8.37. The highest BCUT2D eigenvalue weighted by Gasteiger charge is 2.31. The number of ether oxygens (including phenoxy) is 1. The average molecular weight is 333 g/mol. The second-order valence-corrected chi connectivity index (χ2v) is 6.12. The topological polar surface area (TPSA) is 59.0 Å². The van der Waals surface area contributed by atoms with Crippen molar-refractivity contribution in [1.29, 1.82) is 5.26 Å². The molecule has 0 saturated carbocycles. The third-order valence-electron chi connectivity index (χ3n) is 4.31. The van der Waals surface area contributed by atoms with Gasteiger partial charge in [-0.15, -0.1) is 0 Å². The normalized spacial score (nSPS) is 16.4. The largest absolute Gasteiger partial charge is 0.440 e. The number of nitrogens with two attached hydrogens (primary N) is 1. The lowest BCUT2D eigenvalue weighted by Gasteiger charge is -2.27. The van der Waals surface area contributed by atoms with Crippen molar-refractivity contribution in [2.75, 3.05) is 0 Å². The van der Waals surface area contributed by atoms with E-state index >= 15 is 0 Å². The fraction of sp³-hybridized carbons (Fsp3) is 0.0500. The predicted octanol–water partition coefficient (Wildman–Crippen LogP) is 4.71. The van der Waals surface area contributed by atoms with Gasteiger partial charge in [-0.1, -0.05) is 60.1 Å². The van der Waals surface area contributed by atoms with Crippen LogP contribution in [0.2, 0.25) is 5.02 Å². The fourth-order valence-corrected chi connectivity index (χ4v) is 3.31. The van der Waals surface area contributed by atoms with Gasteiger partial charge in [0, 0.05) is 16.0 Å². The van der Waals surface area contributed by atoms with Crippen molar-refractivity contribution < 1.29 is 4.74 Å². The van der Waals surface area contributed by atoms with Crippen molar-refractivity contribution in [3.05, 3.63) is 88.3 Å². The summed E-state index contributed by atoms with van der Waals surface area (Å²) in [5, 5.41) is 12.3. The number of allylic oxidation sites excluding steroid dienone is 1. The van der Waals surface area contributed by atoms with Gasteiger partial charge in [0.05, 0.1) is 5.92 Å². The number of hydrogen-bond donors (Lipinski definition) is 1. The van der Waals surface area contributed by atoms with Crippen LogP contribution in [0, 0.1) is 11.3 Å². The molecular weight excluding hydrogens is 320 g/mol. The van der Waals surface area contributed by atoms with E-state index in [2.05, 4.69) is 6.07 Å². The van der Waals surface area contributed by atoms with E-state index < -0.39 is 0 Å². The van der Waals surface area contributed by atoms with Gasteiger partial charge < -0.3 is 10.5 Å². The molecule has 0 bridgehead atoms. The Kier molecular flexibility index (Phi) is 3.41. The van der Waals surface area contributed by atoms with Gasteiger partial charge in [0.25, 0.3) is 0 Å². The molecule has 4 heteroatoms.